The first-order chi connectivity index (χ1) is 8.67. The lowest BCUT2D eigenvalue weighted by molar-refractivity contribution is 0.391. The maximum absolute atomic E-state index is 5.63. The van der Waals surface area contributed by atoms with Gasteiger partial charge in [0, 0.05) is 5.56 Å². The Morgan fingerprint density at radius 2 is 1.83 bits per heavy atom. The van der Waals surface area contributed by atoms with Crippen LogP contribution in [0.1, 0.15) is 43.7 Å². The van der Waals surface area contributed by atoms with E-state index in [2.05, 4.69) is 26.0 Å². The molecule has 1 atom stereocenters. The predicted molar refractivity (Wildman–Crippen MR) is 75.6 cm³/mol. The molecule has 1 rings (SSSR count). The van der Waals surface area contributed by atoms with Gasteiger partial charge in [-0.1, -0.05) is 20.3 Å². The Labute approximate surface area is 110 Å². The van der Waals surface area contributed by atoms with Crippen LogP contribution in [0.4, 0.5) is 0 Å². The number of hydrogen-bond donors (Lipinski definition) is 1. The molecular formula is C15H25NO2. The fraction of sp³-hybridized carbons (Fsp3) is 0.600. The van der Waals surface area contributed by atoms with Crippen LogP contribution in [0, 0.1) is 0 Å². The molecule has 3 nitrogen and oxygen atoms in total. The Balaban J connectivity index is 3.16. The standard InChI is InChI=1S/C15H25NO2/c1-5-6-12-9-15(18-4)13(10-14(12)17-3)11(2)7-8-16/h9-11H,5-8,16H2,1-4H3. The molecule has 1 aromatic rings. The second kappa shape index (κ2) is 7.27. The summed E-state index contributed by atoms with van der Waals surface area (Å²) >= 11 is 0. The van der Waals surface area contributed by atoms with Crippen molar-refractivity contribution in [2.75, 3.05) is 20.8 Å². The normalized spacial score (nSPS) is 12.3. The van der Waals surface area contributed by atoms with Crippen LogP contribution in [-0.4, -0.2) is 20.8 Å². The molecule has 0 heterocycles. The van der Waals surface area contributed by atoms with Crippen molar-refractivity contribution in [3.63, 3.8) is 0 Å². The summed E-state index contributed by atoms with van der Waals surface area (Å²) in [6.07, 6.45) is 3.05. The first kappa shape index (κ1) is 14.8. The van der Waals surface area contributed by atoms with Gasteiger partial charge in [-0.25, -0.2) is 0 Å². The summed E-state index contributed by atoms with van der Waals surface area (Å²) < 4.78 is 11.0. The molecule has 0 bridgehead atoms. The second-order valence-corrected chi connectivity index (χ2v) is 4.63. The fourth-order valence-corrected chi connectivity index (χ4v) is 2.24. The quantitative estimate of drug-likeness (QED) is 0.810. The van der Waals surface area contributed by atoms with Gasteiger partial charge < -0.3 is 15.2 Å². The van der Waals surface area contributed by atoms with Crippen molar-refractivity contribution < 1.29 is 9.47 Å². The summed E-state index contributed by atoms with van der Waals surface area (Å²) in [4.78, 5) is 0. The van der Waals surface area contributed by atoms with Gasteiger partial charge in [-0.05, 0) is 43.0 Å². The third-order valence-corrected chi connectivity index (χ3v) is 3.28. The largest absolute Gasteiger partial charge is 0.496 e. The summed E-state index contributed by atoms with van der Waals surface area (Å²) in [7, 11) is 3.44. The van der Waals surface area contributed by atoms with Crippen molar-refractivity contribution in [3.8, 4) is 11.5 Å². The highest BCUT2D eigenvalue weighted by Gasteiger charge is 2.15. The molecule has 0 saturated heterocycles. The maximum Gasteiger partial charge on any atom is 0.122 e. The average molecular weight is 251 g/mol. The minimum atomic E-state index is 0.384. The Bertz CT molecular complexity index is 377. The summed E-state index contributed by atoms with van der Waals surface area (Å²) in [5, 5.41) is 0. The van der Waals surface area contributed by atoms with E-state index in [-0.39, 0.29) is 0 Å². The van der Waals surface area contributed by atoms with Gasteiger partial charge in [-0.2, -0.15) is 0 Å². The molecular weight excluding hydrogens is 226 g/mol. The number of aryl methyl sites for hydroxylation is 1. The van der Waals surface area contributed by atoms with Gasteiger partial charge in [0.25, 0.3) is 0 Å². The van der Waals surface area contributed by atoms with Crippen molar-refractivity contribution in [1.82, 2.24) is 0 Å². The highest BCUT2D eigenvalue weighted by Crippen LogP contribution is 2.35. The van der Waals surface area contributed by atoms with Gasteiger partial charge in [-0.15, -0.1) is 0 Å². The van der Waals surface area contributed by atoms with E-state index in [1.165, 1.54) is 11.1 Å². The molecule has 102 valence electrons. The van der Waals surface area contributed by atoms with Gasteiger partial charge in [-0.3, -0.25) is 0 Å². The van der Waals surface area contributed by atoms with Gasteiger partial charge in [0.2, 0.25) is 0 Å². The lowest BCUT2D eigenvalue weighted by Crippen LogP contribution is -2.07. The number of nitrogens with two attached hydrogens (primary N) is 1. The van der Waals surface area contributed by atoms with Gasteiger partial charge in [0.05, 0.1) is 14.2 Å². The topological polar surface area (TPSA) is 44.5 Å². The second-order valence-electron chi connectivity index (χ2n) is 4.63. The van der Waals surface area contributed by atoms with Crippen LogP contribution in [0.3, 0.4) is 0 Å². The number of hydrogen-bond acceptors (Lipinski definition) is 3. The fourth-order valence-electron chi connectivity index (χ4n) is 2.24. The lowest BCUT2D eigenvalue weighted by atomic mass is 9.94. The zero-order valence-corrected chi connectivity index (χ0v) is 12.0. The number of rotatable bonds is 7. The molecule has 0 aromatic heterocycles. The zero-order chi connectivity index (χ0) is 13.5. The van der Waals surface area contributed by atoms with Crippen LogP contribution in [0.15, 0.2) is 12.1 Å². The van der Waals surface area contributed by atoms with Gasteiger partial charge in [0.15, 0.2) is 0 Å². The van der Waals surface area contributed by atoms with Crippen molar-refractivity contribution in [2.24, 2.45) is 5.73 Å². The van der Waals surface area contributed by atoms with Crippen molar-refractivity contribution in [1.29, 1.82) is 0 Å². The van der Waals surface area contributed by atoms with Crippen molar-refractivity contribution in [2.45, 2.75) is 39.0 Å². The smallest absolute Gasteiger partial charge is 0.122 e. The van der Waals surface area contributed by atoms with Crippen LogP contribution in [0.2, 0.25) is 0 Å². The van der Waals surface area contributed by atoms with E-state index in [0.717, 1.165) is 30.8 Å². The monoisotopic (exact) mass is 251 g/mol. The SMILES string of the molecule is CCCc1cc(OC)c(C(C)CCN)cc1OC. The Morgan fingerprint density at radius 1 is 1.17 bits per heavy atom. The number of benzene rings is 1. The first-order valence-electron chi connectivity index (χ1n) is 6.62. The van der Waals surface area contributed by atoms with Crippen LogP contribution in [0.5, 0.6) is 11.5 Å². The molecule has 0 fully saturated rings. The van der Waals surface area contributed by atoms with E-state index in [1.54, 1.807) is 14.2 Å². The molecule has 1 unspecified atom stereocenters. The molecule has 18 heavy (non-hydrogen) atoms. The third kappa shape index (κ3) is 3.39. The first-order valence-corrected chi connectivity index (χ1v) is 6.62. The van der Waals surface area contributed by atoms with Crippen LogP contribution < -0.4 is 15.2 Å². The van der Waals surface area contributed by atoms with Crippen molar-refractivity contribution >= 4 is 0 Å². The number of ether oxygens (including phenoxy) is 2. The Kier molecular flexibility index (Phi) is 5.99. The van der Waals surface area contributed by atoms with E-state index >= 15 is 0 Å². The van der Waals surface area contributed by atoms with Crippen LogP contribution >= 0.6 is 0 Å². The molecule has 0 amide bonds. The number of methoxy groups -OCH3 is 2. The average Bonchev–Trinajstić information content (AvgIpc) is 2.38. The molecule has 0 radical (unpaired) electrons. The van der Waals surface area contributed by atoms with Gasteiger partial charge in [0.1, 0.15) is 11.5 Å². The van der Waals surface area contributed by atoms with E-state index in [9.17, 15) is 0 Å². The Hall–Kier alpha value is -1.22. The van der Waals surface area contributed by atoms with E-state index in [0.29, 0.717) is 12.5 Å². The minimum Gasteiger partial charge on any atom is -0.496 e. The van der Waals surface area contributed by atoms with E-state index in [1.807, 2.05) is 0 Å². The summed E-state index contributed by atoms with van der Waals surface area (Å²) in [6, 6.07) is 4.20. The molecule has 0 saturated carbocycles. The molecule has 0 aliphatic heterocycles. The molecule has 3 heteroatoms. The van der Waals surface area contributed by atoms with Crippen molar-refractivity contribution in [3.05, 3.63) is 23.3 Å². The van der Waals surface area contributed by atoms with Gasteiger partial charge >= 0.3 is 0 Å². The molecule has 0 aliphatic rings. The zero-order valence-electron chi connectivity index (χ0n) is 12.0. The van der Waals surface area contributed by atoms with Crippen LogP contribution in [-0.2, 0) is 6.42 Å². The highest BCUT2D eigenvalue weighted by molar-refractivity contribution is 5.48. The Morgan fingerprint density at radius 3 is 2.33 bits per heavy atom. The lowest BCUT2D eigenvalue weighted by Gasteiger charge is -2.18. The van der Waals surface area contributed by atoms with E-state index < -0.39 is 0 Å². The van der Waals surface area contributed by atoms with Crippen LogP contribution in [0.25, 0.3) is 0 Å². The highest BCUT2D eigenvalue weighted by atomic mass is 16.5. The molecule has 0 aliphatic carbocycles. The summed E-state index contributed by atoms with van der Waals surface area (Å²) in [5.74, 6) is 2.28. The third-order valence-electron chi connectivity index (χ3n) is 3.28. The summed E-state index contributed by atoms with van der Waals surface area (Å²) in [5.41, 5.74) is 8.02. The summed E-state index contributed by atoms with van der Waals surface area (Å²) in [6.45, 7) is 5.02. The maximum atomic E-state index is 5.63. The molecule has 0 spiro atoms. The minimum absolute atomic E-state index is 0.384. The molecule has 2 N–H and O–H groups in total. The van der Waals surface area contributed by atoms with E-state index in [4.69, 9.17) is 15.2 Å². The molecule has 1 aromatic carbocycles. The predicted octanol–water partition coefficient (Wildman–Crippen LogP) is 3.11.